The summed E-state index contributed by atoms with van der Waals surface area (Å²) in [5.41, 5.74) is -1.21. The van der Waals surface area contributed by atoms with Gasteiger partial charge in [0.25, 0.3) is 5.56 Å². The maximum absolute atomic E-state index is 11.9. The van der Waals surface area contributed by atoms with Gasteiger partial charge >= 0.3 is 13.3 Å². The van der Waals surface area contributed by atoms with Gasteiger partial charge in [0.15, 0.2) is 6.23 Å². The monoisotopic (exact) mass is 376 g/mol. The number of aromatic nitrogens is 2. The van der Waals surface area contributed by atoms with Crippen LogP contribution in [0.25, 0.3) is 0 Å². The lowest BCUT2D eigenvalue weighted by Gasteiger charge is -2.24. The molecule has 0 aliphatic carbocycles. The summed E-state index contributed by atoms with van der Waals surface area (Å²) in [6.07, 6.45) is 1.00. The lowest BCUT2D eigenvalue weighted by Crippen LogP contribution is -2.36. The van der Waals surface area contributed by atoms with Gasteiger partial charge in [0.2, 0.25) is 0 Å². The molecule has 0 radical (unpaired) electrons. The molecule has 1 aromatic rings. The predicted molar refractivity (Wildman–Crippen MR) is 92.4 cm³/mol. The Bertz CT molecular complexity index is 746. The molecule has 0 fully saturated rings. The molecule has 0 bridgehead atoms. The van der Waals surface area contributed by atoms with Gasteiger partial charge in [-0.25, -0.2) is 4.79 Å². The van der Waals surface area contributed by atoms with E-state index >= 15 is 0 Å². The van der Waals surface area contributed by atoms with E-state index < -0.39 is 31.2 Å². The van der Waals surface area contributed by atoms with Gasteiger partial charge in [-0.1, -0.05) is 6.08 Å². The number of nitrogens with zero attached hydrogens (tertiary/aromatic N) is 1. The van der Waals surface area contributed by atoms with Gasteiger partial charge in [-0.2, -0.15) is 0 Å². The van der Waals surface area contributed by atoms with E-state index in [0.29, 0.717) is 0 Å². The lowest BCUT2D eigenvalue weighted by molar-refractivity contribution is -0.0918. The van der Waals surface area contributed by atoms with Crippen LogP contribution in [0, 0.1) is 0 Å². The predicted octanol–water partition coefficient (Wildman–Crippen LogP) is -0.980. The Balaban J connectivity index is 3.14. The third-order valence-electron chi connectivity index (χ3n) is 3.25. The first-order valence-electron chi connectivity index (χ1n) is 7.27. The largest absolute Gasteiger partial charge is 0.382 e. The van der Waals surface area contributed by atoms with Crippen molar-refractivity contribution in [2.24, 2.45) is 0 Å². The molecule has 1 unspecified atom stereocenters. The number of nitrogens with one attached hydrogen (secondary N) is 1. The average Bonchev–Trinajstić information content (AvgIpc) is 2.54. The minimum absolute atomic E-state index is 0.000115. The molecule has 3 atom stereocenters. The molecule has 0 saturated carbocycles. The maximum Gasteiger partial charge on any atom is 0.344 e. The minimum atomic E-state index is -3.91. The van der Waals surface area contributed by atoms with E-state index in [-0.39, 0.29) is 18.4 Å². The quantitative estimate of drug-likeness (QED) is 0.394. The number of ether oxygens (including phenoxy) is 3. The van der Waals surface area contributed by atoms with Crippen molar-refractivity contribution < 1.29 is 28.2 Å². The van der Waals surface area contributed by atoms with Crippen molar-refractivity contribution in [3.8, 4) is 0 Å². The molecule has 25 heavy (non-hydrogen) atoms. The van der Waals surface area contributed by atoms with E-state index in [1.54, 1.807) is 0 Å². The fraction of sp³-hybridized carbons (Fsp3) is 0.538. The summed E-state index contributed by atoms with van der Waals surface area (Å²) in [6, 6.07) is 1.17. The molecule has 0 amide bonds. The third-order valence-corrected chi connectivity index (χ3v) is 4.79. The second kappa shape index (κ2) is 9.86. The van der Waals surface area contributed by atoms with Crippen molar-refractivity contribution in [2.45, 2.75) is 12.3 Å². The Labute approximate surface area is 145 Å². The van der Waals surface area contributed by atoms with E-state index in [0.717, 1.165) is 11.7 Å². The van der Waals surface area contributed by atoms with Crippen LogP contribution in [0.5, 0.6) is 0 Å². The highest BCUT2D eigenvalue weighted by atomic mass is 31.2. The lowest BCUT2D eigenvalue weighted by atomic mass is 10.1. The highest BCUT2D eigenvalue weighted by Crippen LogP contribution is 2.48. The van der Waals surface area contributed by atoms with Gasteiger partial charge in [0.1, 0.15) is 14.0 Å². The summed E-state index contributed by atoms with van der Waals surface area (Å²) in [6.45, 7) is 0.0550. The number of hydrogen-bond donors (Lipinski definition) is 2. The van der Waals surface area contributed by atoms with Crippen LogP contribution >= 0.6 is 7.60 Å². The van der Waals surface area contributed by atoms with E-state index in [9.17, 15) is 19.0 Å². The van der Waals surface area contributed by atoms with Crippen LogP contribution in [0.2, 0.25) is 0 Å². The highest BCUT2D eigenvalue weighted by molar-refractivity contribution is 7.59. The van der Waals surface area contributed by atoms with Crippen molar-refractivity contribution in [3.63, 3.8) is 0 Å². The zero-order valence-corrected chi connectivity index (χ0v) is 15.4. The fourth-order valence-electron chi connectivity index (χ4n) is 1.98. The summed E-state index contributed by atoms with van der Waals surface area (Å²) >= 11 is 0. The molecule has 12 heteroatoms. The Morgan fingerprint density at radius 3 is 2.52 bits per heavy atom. The fourth-order valence-corrected chi connectivity index (χ4v) is 2.62. The van der Waals surface area contributed by atoms with E-state index in [4.69, 9.17) is 14.2 Å². The van der Waals surface area contributed by atoms with E-state index in [1.165, 1.54) is 40.4 Å². The van der Waals surface area contributed by atoms with Gasteiger partial charge in [-0.15, -0.1) is 0 Å². The number of aromatic amines is 1. The van der Waals surface area contributed by atoms with Crippen molar-refractivity contribution in [2.75, 3.05) is 34.5 Å². The van der Waals surface area contributed by atoms with Crippen LogP contribution in [-0.2, 0) is 23.3 Å². The molecule has 0 aliphatic heterocycles. The van der Waals surface area contributed by atoms with Gasteiger partial charge in [0.05, 0.1) is 13.2 Å². The molecule has 1 aromatic heterocycles. The molecule has 10 nitrogen and oxygen atoms in total. The smallest absolute Gasteiger partial charge is 0.344 e. The number of H-pyrrole nitrogens is 1. The molecule has 0 spiro atoms. The van der Waals surface area contributed by atoms with Crippen LogP contribution in [0.1, 0.15) is 6.23 Å². The zero-order valence-electron chi connectivity index (χ0n) is 14.5. The Morgan fingerprint density at radius 2 is 2.00 bits per heavy atom. The first-order valence-corrected chi connectivity index (χ1v) is 8.85. The first-order chi connectivity index (χ1) is 11.7. The second-order valence-electron chi connectivity index (χ2n) is 5.07. The van der Waals surface area contributed by atoms with Crippen molar-refractivity contribution in [3.05, 3.63) is 44.4 Å². The normalized spacial score (nSPS) is 17.0. The van der Waals surface area contributed by atoms with Gasteiger partial charge < -0.3 is 23.6 Å². The summed E-state index contributed by atoms with van der Waals surface area (Å²) in [7, 11) is 1.50. The van der Waals surface area contributed by atoms with E-state index in [1.807, 2.05) is 0 Å². The molecular weight excluding hydrogens is 354 g/mol. The van der Waals surface area contributed by atoms with E-state index in [2.05, 4.69) is 9.51 Å². The Kier molecular flexibility index (Phi) is 8.50. The van der Waals surface area contributed by atoms with Crippen LogP contribution in [0.3, 0.4) is 0 Å². The molecule has 0 aliphatic rings. The average molecular weight is 376 g/mol. The van der Waals surface area contributed by atoms with Crippen molar-refractivity contribution >= 4 is 15.4 Å². The molecule has 1 heterocycles. The summed E-state index contributed by atoms with van der Waals surface area (Å²) in [5, 5.41) is 0.0713. The summed E-state index contributed by atoms with van der Waals surface area (Å²) in [4.78, 5) is 34.9. The van der Waals surface area contributed by atoms with Crippen molar-refractivity contribution in [1.82, 2.24) is 9.55 Å². The number of methoxy groups -OCH3 is 2. The third kappa shape index (κ3) is 6.39. The number of rotatable bonds is 10. The molecule has 0 aromatic carbocycles. The Morgan fingerprint density at radius 1 is 1.36 bits per heavy atom. The summed E-state index contributed by atoms with van der Waals surface area (Å²) < 4.78 is 33.4. The molecule has 2 N–H and O–H groups in total. The SMILES string of the molecule is B/C(=C\[C@H](COC)O[C@H](COC)n1ccc(=O)[nH]c1=O)P(=O)(O)OC. The van der Waals surface area contributed by atoms with Gasteiger partial charge in [-0.05, 0) is 5.21 Å². The van der Waals surface area contributed by atoms with Gasteiger partial charge in [-0.3, -0.25) is 18.9 Å². The zero-order chi connectivity index (χ0) is 19.0. The number of hydrogen-bond acceptors (Lipinski definition) is 7. The van der Waals surface area contributed by atoms with Crippen LogP contribution in [0.4, 0.5) is 0 Å². The molecular formula is C13H22BN2O8P. The maximum atomic E-state index is 11.9. The highest BCUT2D eigenvalue weighted by Gasteiger charge is 2.24. The second-order valence-corrected chi connectivity index (χ2v) is 7.18. The first kappa shape index (κ1) is 21.6. The van der Waals surface area contributed by atoms with Gasteiger partial charge in [0, 0.05) is 33.6 Å². The molecule has 1 rings (SSSR count). The van der Waals surface area contributed by atoms with Crippen LogP contribution in [0.15, 0.2) is 33.1 Å². The topological polar surface area (TPSA) is 129 Å². The van der Waals surface area contributed by atoms with Crippen molar-refractivity contribution in [1.29, 1.82) is 0 Å². The Hall–Kier alpha value is -1.49. The minimum Gasteiger partial charge on any atom is -0.382 e. The van der Waals surface area contributed by atoms with Crippen LogP contribution < -0.4 is 11.2 Å². The molecule has 140 valence electrons. The standard InChI is InChI=1S/C13H22BN2O8P/c1-21-7-9(6-10(14)25(19,20)23-3)24-12(8-22-2)16-5-4-11(17)15-13(16)18/h4-6,9,12H,7-8,14H2,1-3H3,(H,19,20)(H,15,17,18)/b10-6+/t9-,12-/m1/s1. The molecule has 0 saturated heterocycles. The van der Waals surface area contributed by atoms with Crippen LogP contribution in [-0.4, -0.2) is 62.9 Å². The summed E-state index contributed by atoms with van der Waals surface area (Å²) in [5.74, 6) is 0.